The van der Waals surface area contributed by atoms with E-state index in [1.165, 1.54) is 0 Å². The number of rotatable bonds is 4. The number of aromatic nitrogens is 4. The molecule has 4 aromatic rings. The SMILES string of the molecule is [S-]P12([n+]3ccccc3)SP3([S-])([n+]4ccccc4)SP([S-])([n+]4ccccc4)(S1)SP([S-])([n+]1ccccc1)(S2)S3. The molecule has 4 aromatic heterocycles. The Kier molecular flexibility index (Phi) is 6.56. The molecule has 0 saturated carbocycles. The van der Waals surface area contributed by atoms with Gasteiger partial charge in [0.15, 0.2) is 0 Å². The van der Waals surface area contributed by atoms with E-state index in [-0.39, 0.29) is 0 Å². The maximum absolute atomic E-state index is 7.15. The van der Waals surface area contributed by atoms with Crippen molar-refractivity contribution in [3.8, 4) is 0 Å². The Labute approximate surface area is 266 Å². The molecule has 4 saturated heterocycles. The fourth-order valence-electron chi connectivity index (χ4n) is 4.48. The summed E-state index contributed by atoms with van der Waals surface area (Å²) in [5, 5.41) is 0. The summed E-state index contributed by atoms with van der Waals surface area (Å²) >= 11 is 39.8. The van der Waals surface area contributed by atoms with Gasteiger partial charge in [-0.2, -0.15) is 0 Å². The molecule has 200 valence electrons. The van der Waals surface area contributed by atoms with Crippen molar-refractivity contribution in [3.63, 3.8) is 0 Å². The Morgan fingerprint density at radius 3 is 0.605 bits per heavy atom. The van der Waals surface area contributed by atoms with Gasteiger partial charge >= 0.3 is 269 Å². The van der Waals surface area contributed by atoms with Crippen LogP contribution in [0.1, 0.15) is 0 Å². The van der Waals surface area contributed by atoms with Gasteiger partial charge in [-0.25, -0.2) is 0 Å². The normalized spacial score (nSPS) is 31.3. The van der Waals surface area contributed by atoms with Crippen LogP contribution in [0.25, 0.3) is 0 Å². The molecule has 4 aliphatic rings. The van der Waals surface area contributed by atoms with Crippen molar-refractivity contribution in [2.45, 2.75) is 0 Å². The second kappa shape index (κ2) is 8.72. The third kappa shape index (κ3) is 3.96. The van der Waals surface area contributed by atoms with E-state index in [4.69, 9.17) is 49.0 Å². The first-order valence-corrected chi connectivity index (χ1v) is 36.1. The summed E-state index contributed by atoms with van der Waals surface area (Å²) in [6.45, 7) is 0. The van der Waals surface area contributed by atoms with Crippen LogP contribution in [0.2, 0.25) is 0 Å². The molecule has 8 heterocycles. The summed E-state index contributed by atoms with van der Waals surface area (Å²) in [5.74, 6) is 0. The molecule has 0 spiro atoms. The van der Waals surface area contributed by atoms with E-state index >= 15 is 0 Å². The van der Waals surface area contributed by atoms with E-state index in [9.17, 15) is 0 Å². The van der Waals surface area contributed by atoms with Crippen LogP contribution in [-0.2, 0) is 49.0 Å². The summed E-state index contributed by atoms with van der Waals surface area (Å²) in [6, 6.07) is 24.6. The fourth-order valence-corrected chi connectivity index (χ4v) is 292. The van der Waals surface area contributed by atoms with Crippen LogP contribution in [0.4, 0.5) is 0 Å². The van der Waals surface area contributed by atoms with Gasteiger partial charge in [-0.1, -0.05) is 0 Å². The molecular weight excluding hydrogens is 741 g/mol. The van der Waals surface area contributed by atoms with Crippen LogP contribution in [0, 0.1) is 0 Å². The van der Waals surface area contributed by atoms with Gasteiger partial charge in [0.2, 0.25) is 0 Å². The number of nitrogens with zero attached hydrogens (tertiary/aromatic N) is 4. The van der Waals surface area contributed by atoms with Crippen LogP contribution < -0.4 is 17.4 Å². The first-order valence-electron chi connectivity index (χ1n) is 11.1. The van der Waals surface area contributed by atoms with Crippen LogP contribution in [0.15, 0.2) is 122 Å². The molecule has 4 fully saturated rings. The molecule has 0 aliphatic carbocycles. The van der Waals surface area contributed by atoms with Gasteiger partial charge in [0.25, 0.3) is 0 Å². The molecule has 0 amide bonds. The molecule has 4 aliphatic heterocycles. The Morgan fingerprint density at radius 2 is 0.447 bits per heavy atom. The van der Waals surface area contributed by atoms with E-state index in [0.29, 0.717) is 0 Å². The van der Waals surface area contributed by atoms with E-state index in [0.717, 1.165) is 0 Å². The standard InChI is InChI=1S/C20H20N4P4S10/c29-25(21-13-5-1-6-14-21)33-26(30,22-15-7-2-8-16-22)36-27(31,34-25,23-17-9-3-10-18-23)38-28(32,35-25,37-26)24-19-11-4-12-20-24/h1-20H. The third-order valence-electron chi connectivity index (χ3n) is 5.95. The summed E-state index contributed by atoms with van der Waals surface area (Å²) < 4.78 is -5.04. The van der Waals surface area contributed by atoms with Crippen molar-refractivity contribution in [2.75, 3.05) is 0 Å². The Balaban J connectivity index is 1.69. The second-order valence-electron chi connectivity index (χ2n) is 8.61. The van der Waals surface area contributed by atoms with Crippen molar-refractivity contribution >= 4 is 129 Å². The van der Waals surface area contributed by atoms with Gasteiger partial charge < -0.3 is 0 Å². The Morgan fingerprint density at radius 1 is 0.289 bits per heavy atom. The van der Waals surface area contributed by atoms with Gasteiger partial charge in [0, 0.05) is 0 Å². The quantitative estimate of drug-likeness (QED) is 0.148. The monoisotopic (exact) mass is 760 g/mol. The van der Waals surface area contributed by atoms with Crippen molar-refractivity contribution in [1.29, 1.82) is 0 Å². The molecule has 4 bridgehead atoms. The predicted octanol–water partition coefficient (Wildman–Crippen LogP) is 8.47. The average Bonchev–Trinajstić information content (AvgIpc) is 2.89. The summed E-state index contributed by atoms with van der Waals surface area (Å²) in [6.07, 6.45) is 16.9. The summed E-state index contributed by atoms with van der Waals surface area (Å²) in [4.78, 5) is 0. The van der Waals surface area contributed by atoms with E-state index in [2.05, 4.69) is 115 Å². The first-order chi connectivity index (χ1) is 17.9. The number of hydrogen-bond donors (Lipinski definition) is 0. The van der Waals surface area contributed by atoms with Crippen molar-refractivity contribution in [2.24, 2.45) is 0 Å². The fraction of sp³-hybridized carbons (Fsp3) is 0. The first kappa shape index (κ1) is 28.6. The topological polar surface area (TPSA) is 15.5 Å². The maximum atomic E-state index is 7.15. The third-order valence-corrected chi connectivity index (χ3v) is 126. The number of hydrogen-bond acceptors (Lipinski definition) is 10. The van der Waals surface area contributed by atoms with Crippen molar-refractivity contribution in [3.05, 3.63) is 122 Å². The minimum absolute atomic E-state index is 1.86. The molecular formula is C20H20N4P4S10. The zero-order valence-electron chi connectivity index (χ0n) is 19.2. The van der Waals surface area contributed by atoms with Gasteiger partial charge in [0.1, 0.15) is 0 Å². The van der Waals surface area contributed by atoms with Gasteiger partial charge in [-0.15, -0.1) is 0 Å². The van der Waals surface area contributed by atoms with Gasteiger partial charge in [-0.05, 0) is 0 Å². The summed E-state index contributed by atoms with van der Waals surface area (Å²) in [7, 11) is 0. The van der Waals surface area contributed by atoms with E-state index < -0.39 is 14.2 Å². The van der Waals surface area contributed by atoms with Crippen LogP contribution in [-0.4, -0.2) is 0 Å². The molecule has 4 nitrogen and oxygen atoms in total. The molecule has 8 rings (SSSR count). The van der Waals surface area contributed by atoms with E-state index in [1.54, 1.807) is 0 Å². The molecule has 0 unspecified atom stereocenters. The molecule has 0 atom stereocenters. The Bertz CT molecular complexity index is 1320. The average molecular weight is 761 g/mol. The molecule has 0 aromatic carbocycles. The molecule has 38 heavy (non-hydrogen) atoms. The predicted molar refractivity (Wildman–Crippen MR) is 191 cm³/mol. The summed E-state index contributed by atoms with van der Waals surface area (Å²) in [5.41, 5.74) is 0. The second-order valence-corrected chi connectivity index (χ2v) is 80.2. The minimum atomic E-state index is -3.54. The number of pyridine rings is 4. The molecule has 0 N–H and O–H groups in total. The van der Waals surface area contributed by atoms with Crippen LogP contribution in [0.5, 0.6) is 0 Å². The molecule has 0 radical (unpaired) electrons. The van der Waals surface area contributed by atoms with Crippen LogP contribution >= 0.6 is 80.3 Å². The van der Waals surface area contributed by atoms with E-state index in [1.807, 2.05) is 90.3 Å². The Hall–Kier alpha value is 1.82. The van der Waals surface area contributed by atoms with Crippen molar-refractivity contribution in [1.82, 2.24) is 0 Å². The zero-order chi connectivity index (χ0) is 26.5. The van der Waals surface area contributed by atoms with Crippen molar-refractivity contribution < 1.29 is 17.4 Å². The van der Waals surface area contributed by atoms with Crippen LogP contribution in [0.3, 0.4) is 0 Å². The molecule has 18 heteroatoms. The van der Waals surface area contributed by atoms with Gasteiger partial charge in [-0.3, -0.25) is 0 Å². The zero-order valence-corrected chi connectivity index (χ0v) is 30.9. The van der Waals surface area contributed by atoms with Gasteiger partial charge in [0.05, 0.1) is 0 Å².